The molecule has 166 valence electrons. The quantitative estimate of drug-likeness (QED) is 0.392. The van der Waals surface area contributed by atoms with Crippen LogP contribution in [0.4, 0.5) is 0 Å². The average molecular weight is 428 g/mol. The summed E-state index contributed by atoms with van der Waals surface area (Å²) in [4.78, 5) is 26.0. The number of nitrogens with zero attached hydrogens (tertiary/aromatic N) is 3. The molecule has 0 aliphatic carbocycles. The van der Waals surface area contributed by atoms with Gasteiger partial charge in [0.15, 0.2) is 0 Å². The van der Waals surface area contributed by atoms with Gasteiger partial charge in [-0.25, -0.2) is 0 Å². The van der Waals surface area contributed by atoms with E-state index in [0.717, 1.165) is 16.9 Å². The van der Waals surface area contributed by atoms with E-state index in [1.807, 2.05) is 30.9 Å². The van der Waals surface area contributed by atoms with Crippen molar-refractivity contribution < 1.29 is 23.9 Å². The summed E-state index contributed by atoms with van der Waals surface area (Å²) in [5.74, 6) is 2.00. The molecule has 1 atom stereocenters. The first-order chi connectivity index (χ1) is 14.9. The molecule has 2 heterocycles. The van der Waals surface area contributed by atoms with Gasteiger partial charge in [0, 0.05) is 23.7 Å². The van der Waals surface area contributed by atoms with Crippen LogP contribution in [0, 0.1) is 0 Å². The van der Waals surface area contributed by atoms with E-state index < -0.39 is 0 Å². The maximum atomic E-state index is 13.6. The van der Waals surface area contributed by atoms with Crippen molar-refractivity contribution in [3.63, 3.8) is 0 Å². The van der Waals surface area contributed by atoms with Crippen LogP contribution in [0.5, 0.6) is 11.5 Å². The zero-order chi connectivity index (χ0) is 22.5. The van der Waals surface area contributed by atoms with Crippen LogP contribution in [0.25, 0.3) is 0 Å². The molecule has 0 spiro atoms. The molecule has 1 aromatic carbocycles. The molecule has 1 amide bonds. The predicted octanol–water partition coefficient (Wildman–Crippen LogP) is 3.78. The number of hydrogen-bond donors (Lipinski definition) is 0. The fourth-order valence-electron chi connectivity index (χ4n) is 3.80. The molecule has 8 nitrogen and oxygen atoms in total. The molecule has 0 aromatic heterocycles. The third-order valence-corrected chi connectivity index (χ3v) is 5.56. The topological polar surface area (TPSA) is 82.0 Å². The second-order valence-electron chi connectivity index (χ2n) is 7.40. The predicted molar refractivity (Wildman–Crippen MR) is 118 cm³/mol. The molecule has 2 aliphatic heterocycles. The van der Waals surface area contributed by atoms with E-state index in [-0.39, 0.29) is 18.6 Å². The zero-order valence-corrected chi connectivity index (χ0v) is 18.9. The number of amides is 1. The van der Waals surface area contributed by atoms with E-state index in [9.17, 15) is 4.79 Å². The normalized spacial score (nSPS) is 19.0. The highest BCUT2D eigenvalue weighted by atomic mass is 16.6. The van der Waals surface area contributed by atoms with Gasteiger partial charge >= 0.3 is 0 Å². The van der Waals surface area contributed by atoms with Crippen molar-refractivity contribution in [3.05, 3.63) is 46.2 Å². The Kier molecular flexibility index (Phi) is 6.99. The number of methoxy groups -OCH3 is 2. The highest BCUT2D eigenvalue weighted by Crippen LogP contribution is 2.40. The number of hydrogen-bond acceptors (Lipinski definition) is 7. The van der Waals surface area contributed by atoms with Gasteiger partial charge in [0.1, 0.15) is 23.9 Å². The summed E-state index contributed by atoms with van der Waals surface area (Å²) < 4.78 is 11.0. The third kappa shape index (κ3) is 4.57. The Hall–Kier alpha value is -3.29. The monoisotopic (exact) mass is 427 g/mol. The molecule has 0 saturated carbocycles. The first kappa shape index (κ1) is 22.4. The van der Waals surface area contributed by atoms with Gasteiger partial charge in [-0.3, -0.25) is 4.79 Å². The number of rotatable bonds is 6. The Labute approximate surface area is 182 Å². The van der Waals surface area contributed by atoms with Crippen LogP contribution in [0.3, 0.4) is 0 Å². The second-order valence-corrected chi connectivity index (χ2v) is 7.40. The molecule has 1 unspecified atom stereocenters. The van der Waals surface area contributed by atoms with Crippen LogP contribution >= 0.6 is 0 Å². The average Bonchev–Trinajstić information content (AvgIpc) is 2.78. The summed E-state index contributed by atoms with van der Waals surface area (Å²) >= 11 is 0. The molecule has 0 saturated heterocycles. The maximum absolute atomic E-state index is 13.6. The molecule has 31 heavy (non-hydrogen) atoms. The van der Waals surface area contributed by atoms with Crippen LogP contribution in [0.2, 0.25) is 0 Å². The molecule has 1 aromatic rings. The minimum absolute atomic E-state index is 0.121. The van der Waals surface area contributed by atoms with Gasteiger partial charge < -0.3 is 24.0 Å². The van der Waals surface area contributed by atoms with Crippen LogP contribution in [-0.2, 0) is 20.9 Å². The van der Waals surface area contributed by atoms with Crippen LogP contribution in [-0.4, -0.2) is 50.1 Å². The summed E-state index contributed by atoms with van der Waals surface area (Å²) in [7, 11) is 3.26. The Balaban J connectivity index is 1.95. The fourth-order valence-corrected chi connectivity index (χ4v) is 3.80. The number of fused-ring (bicyclic) bond motifs is 1. The Morgan fingerprint density at radius 1 is 1.32 bits per heavy atom. The van der Waals surface area contributed by atoms with Gasteiger partial charge in [0.2, 0.25) is 0 Å². The molecular weight excluding hydrogens is 398 g/mol. The van der Waals surface area contributed by atoms with Gasteiger partial charge in [0.05, 0.1) is 37.8 Å². The van der Waals surface area contributed by atoms with Crippen molar-refractivity contribution in [2.75, 3.05) is 27.4 Å². The van der Waals surface area contributed by atoms with Gasteiger partial charge in [-0.2, -0.15) is 0 Å². The van der Waals surface area contributed by atoms with Gasteiger partial charge in [0.25, 0.3) is 5.91 Å². The van der Waals surface area contributed by atoms with E-state index in [1.54, 1.807) is 34.1 Å². The minimum Gasteiger partial charge on any atom is -0.497 e. The Morgan fingerprint density at radius 2 is 2.10 bits per heavy atom. The van der Waals surface area contributed by atoms with Crippen LogP contribution < -0.4 is 9.47 Å². The second kappa shape index (κ2) is 9.68. The van der Waals surface area contributed by atoms with E-state index in [4.69, 9.17) is 19.1 Å². The number of carbonyl (C=O) groups excluding carboxylic acids is 1. The number of carbonyl (C=O) groups is 1. The SMILES string of the molecule is C/C=C(/C)O/N=C/C1=C(C(=O)N2CCc3cc(OC)cc(OC)c3C2C)C(C)=NOC1. The first-order valence-corrected chi connectivity index (χ1v) is 10.2. The fraction of sp³-hybridized carbons (Fsp3) is 0.435. The van der Waals surface area contributed by atoms with Gasteiger partial charge in [-0.15, -0.1) is 0 Å². The van der Waals surface area contributed by atoms with Crippen molar-refractivity contribution >= 4 is 17.8 Å². The van der Waals surface area contributed by atoms with Gasteiger partial charge in [-0.05, 0) is 51.8 Å². The highest BCUT2D eigenvalue weighted by Gasteiger charge is 2.34. The number of allylic oxidation sites excluding steroid dienone is 2. The largest absolute Gasteiger partial charge is 0.497 e. The summed E-state index contributed by atoms with van der Waals surface area (Å²) in [6, 6.07) is 3.68. The van der Waals surface area contributed by atoms with Crippen LogP contribution in [0.1, 0.15) is 44.9 Å². The standard InChI is InChI=1S/C23H29N3O5/c1-7-14(2)31-24-12-18-13-30-25-15(3)21(18)23(27)26-9-8-17-10-19(28-5)11-20(29-6)22(17)16(26)4/h7,10-12,16H,8-9,13H2,1-6H3/b14-7-,24-12+. The van der Waals surface area contributed by atoms with Crippen molar-refractivity contribution in [3.8, 4) is 11.5 Å². The Bertz CT molecular complexity index is 960. The summed E-state index contributed by atoms with van der Waals surface area (Å²) in [6.45, 7) is 8.14. The molecule has 3 rings (SSSR count). The number of benzene rings is 1. The molecule has 0 N–H and O–H groups in total. The lowest BCUT2D eigenvalue weighted by molar-refractivity contribution is -0.129. The molecule has 0 bridgehead atoms. The maximum Gasteiger partial charge on any atom is 0.256 e. The van der Waals surface area contributed by atoms with E-state index in [2.05, 4.69) is 10.3 Å². The third-order valence-electron chi connectivity index (χ3n) is 5.56. The zero-order valence-electron chi connectivity index (χ0n) is 18.9. The van der Waals surface area contributed by atoms with E-state index >= 15 is 0 Å². The molecular formula is C23H29N3O5. The smallest absolute Gasteiger partial charge is 0.256 e. The molecule has 8 heteroatoms. The van der Waals surface area contributed by atoms with Crippen molar-refractivity contribution in [1.82, 2.24) is 4.90 Å². The van der Waals surface area contributed by atoms with Crippen molar-refractivity contribution in [2.45, 2.75) is 40.2 Å². The van der Waals surface area contributed by atoms with Crippen molar-refractivity contribution in [2.24, 2.45) is 10.3 Å². The lowest BCUT2D eigenvalue weighted by Gasteiger charge is -2.37. The lowest BCUT2D eigenvalue weighted by Crippen LogP contribution is -2.42. The minimum atomic E-state index is -0.181. The summed E-state index contributed by atoms with van der Waals surface area (Å²) in [6.07, 6.45) is 4.02. The first-order valence-electron chi connectivity index (χ1n) is 10.2. The molecule has 0 radical (unpaired) electrons. The summed E-state index contributed by atoms with van der Waals surface area (Å²) in [5, 5.41) is 8.01. The van der Waals surface area contributed by atoms with Crippen LogP contribution in [0.15, 0.2) is 45.4 Å². The van der Waals surface area contributed by atoms with Gasteiger partial charge in [-0.1, -0.05) is 10.3 Å². The van der Waals surface area contributed by atoms with Crippen molar-refractivity contribution in [1.29, 1.82) is 0 Å². The Morgan fingerprint density at radius 3 is 2.77 bits per heavy atom. The lowest BCUT2D eigenvalue weighted by atomic mass is 9.90. The highest BCUT2D eigenvalue weighted by molar-refractivity contribution is 6.24. The number of oxime groups is 2. The van der Waals surface area contributed by atoms with E-state index in [0.29, 0.717) is 41.3 Å². The summed E-state index contributed by atoms with van der Waals surface area (Å²) in [5.41, 5.74) is 3.74. The van der Waals surface area contributed by atoms with E-state index in [1.165, 1.54) is 6.21 Å². The number of ether oxygens (including phenoxy) is 2. The molecule has 2 aliphatic rings. The molecule has 0 fully saturated rings.